The number of piperidine rings is 1. The number of azo groups is 1. The molecule has 9 unspecified atom stereocenters. The Labute approximate surface area is 247 Å². The summed E-state index contributed by atoms with van der Waals surface area (Å²) in [6.45, 7) is 16.4. The molecule has 1 saturated heterocycles. The van der Waals surface area contributed by atoms with Crippen molar-refractivity contribution in [2.24, 2.45) is 57.6 Å². The molecule has 3 aliphatic rings. The van der Waals surface area contributed by atoms with Gasteiger partial charge in [-0.3, -0.25) is 16.0 Å². The van der Waals surface area contributed by atoms with Gasteiger partial charge in [0, 0.05) is 29.5 Å². The second-order valence-corrected chi connectivity index (χ2v) is 14.0. The molecule has 0 spiro atoms. The first kappa shape index (κ1) is 31.5. The van der Waals surface area contributed by atoms with Crippen molar-refractivity contribution in [3.8, 4) is 6.07 Å². The summed E-state index contributed by atoms with van der Waals surface area (Å²) in [4.78, 5) is 4.23. The number of aromatic nitrogens is 2. The van der Waals surface area contributed by atoms with Crippen LogP contribution in [0.3, 0.4) is 0 Å². The van der Waals surface area contributed by atoms with Crippen LogP contribution in [0.25, 0.3) is 0 Å². The zero-order chi connectivity index (χ0) is 28.8. The fraction of sp³-hybridized carbons (Fsp3) is 0.903. The smallest absolute Gasteiger partial charge is 0.248 e. The molecule has 0 amide bonds. The molecule has 2 aliphatic carbocycles. The Bertz CT molecular complexity index is 935. The van der Waals surface area contributed by atoms with E-state index in [1.165, 1.54) is 69.2 Å². The minimum absolute atomic E-state index is 0.0308. The number of hydrogen-bond donors (Lipinski definition) is 3. The molecule has 3 fully saturated rings. The van der Waals surface area contributed by atoms with Crippen molar-refractivity contribution >= 4 is 16.7 Å². The van der Waals surface area contributed by atoms with E-state index in [0.29, 0.717) is 40.9 Å². The molecule has 9 heteroatoms. The molecule has 1 aliphatic heterocycles. The van der Waals surface area contributed by atoms with E-state index in [-0.39, 0.29) is 30.2 Å². The predicted molar refractivity (Wildman–Crippen MR) is 163 cm³/mol. The maximum absolute atomic E-state index is 10.5. The van der Waals surface area contributed by atoms with Crippen LogP contribution in [0.1, 0.15) is 99.8 Å². The minimum Gasteiger partial charge on any atom is -0.297 e. The maximum Gasteiger partial charge on any atom is 0.248 e. The maximum atomic E-state index is 10.5. The Kier molecular flexibility index (Phi) is 11.5. The van der Waals surface area contributed by atoms with E-state index < -0.39 is 0 Å². The fourth-order valence-corrected chi connectivity index (χ4v) is 8.83. The normalized spacial score (nSPS) is 42.6. The Morgan fingerprint density at radius 3 is 1.80 bits per heavy atom. The zero-order valence-corrected chi connectivity index (χ0v) is 26.7. The van der Waals surface area contributed by atoms with Crippen LogP contribution in [-0.2, 0) is 0 Å². The van der Waals surface area contributed by atoms with Crippen molar-refractivity contribution in [3.63, 3.8) is 0 Å². The van der Waals surface area contributed by atoms with Crippen molar-refractivity contribution in [1.29, 1.82) is 5.26 Å². The Morgan fingerprint density at radius 2 is 1.38 bits per heavy atom. The van der Waals surface area contributed by atoms with Crippen molar-refractivity contribution in [1.82, 2.24) is 25.3 Å². The third-order valence-corrected chi connectivity index (χ3v) is 11.2. The molecule has 8 nitrogen and oxygen atoms in total. The first-order valence-corrected chi connectivity index (χ1v) is 17.0. The third-order valence-electron chi connectivity index (χ3n) is 10.6. The largest absolute Gasteiger partial charge is 0.297 e. The average Bonchev–Trinajstić information content (AvgIpc) is 3.47. The average molecular weight is 571 g/mol. The lowest BCUT2D eigenvalue weighted by Gasteiger charge is -2.50. The molecule has 9 atom stereocenters. The van der Waals surface area contributed by atoms with E-state index in [1.54, 1.807) is 0 Å². The summed E-state index contributed by atoms with van der Waals surface area (Å²) in [5, 5.41) is 32.5. The van der Waals surface area contributed by atoms with Gasteiger partial charge in [-0.25, -0.2) is 4.98 Å². The van der Waals surface area contributed by atoms with Gasteiger partial charge < -0.3 is 0 Å². The van der Waals surface area contributed by atoms with Crippen LogP contribution in [0.4, 0.5) is 5.13 Å². The van der Waals surface area contributed by atoms with E-state index in [9.17, 15) is 5.26 Å². The van der Waals surface area contributed by atoms with Crippen LogP contribution in [0.2, 0.25) is 0 Å². The van der Waals surface area contributed by atoms with Crippen LogP contribution in [0.15, 0.2) is 16.6 Å². The molecule has 224 valence electrons. The van der Waals surface area contributed by atoms with Crippen LogP contribution >= 0.6 is 11.5 Å². The third kappa shape index (κ3) is 7.11. The van der Waals surface area contributed by atoms with Crippen LogP contribution in [0, 0.1) is 58.7 Å². The van der Waals surface area contributed by atoms with Gasteiger partial charge in [0.05, 0.1) is 24.3 Å². The van der Waals surface area contributed by atoms with Crippen LogP contribution in [-0.4, -0.2) is 39.8 Å². The molecular weight excluding hydrogens is 516 g/mol. The monoisotopic (exact) mass is 570 g/mol. The Morgan fingerprint density at radius 1 is 0.875 bits per heavy atom. The van der Waals surface area contributed by atoms with Gasteiger partial charge >= 0.3 is 0 Å². The van der Waals surface area contributed by atoms with E-state index >= 15 is 0 Å². The first-order chi connectivity index (χ1) is 19.3. The highest BCUT2D eigenvalue weighted by Gasteiger charge is 2.47. The van der Waals surface area contributed by atoms with Crippen molar-refractivity contribution in [2.45, 2.75) is 130 Å². The SMILES string of the molecule is CCC1CC(C)CC(CC)C1NC1NC(NC2C(CC)CC(C)CC2CC)C(N=Nc2ncns2)C(C)C1C#N. The van der Waals surface area contributed by atoms with E-state index in [1.807, 2.05) is 0 Å². The van der Waals surface area contributed by atoms with Gasteiger partial charge in [-0.1, -0.05) is 74.1 Å². The minimum atomic E-state index is -0.207. The summed E-state index contributed by atoms with van der Waals surface area (Å²) in [5.41, 5.74) is 0. The number of nitrogens with zero attached hydrogens (tertiary/aromatic N) is 5. The lowest BCUT2D eigenvalue weighted by atomic mass is 9.69. The van der Waals surface area contributed by atoms with Gasteiger partial charge in [0.25, 0.3) is 0 Å². The molecule has 1 aromatic heterocycles. The summed E-state index contributed by atoms with van der Waals surface area (Å²) in [6.07, 6.45) is 11.1. The number of rotatable bonds is 10. The van der Waals surface area contributed by atoms with Crippen LogP contribution in [0.5, 0.6) is 0 Å². The molecule has 0 radical (unpaired) electrons. The fourth-order valence-electron chi connectivity index (χ4n) is 8.46. The first-order valence-electron chi connectivity index (χ1n) is 16.2. The summed E-state index contributed by atoms with van der Waals surface area (Å²) in [7, 11) is 0. The highest BCUT2D eigenvalue weighted by Crippen LogP contribution is 2.40. The van der Waals surface area contributed by atoms with Gasteiger partial charge in [-0.15, -0.1) is 5.11 Å². The second-order valence-electron chi connectivity index (χ2n) is 13.3. The van der Waals surface area contributed by atoms with Gasteiger partial charge in [-0.2, -0.15) is 14.7 Å². The topological polar surface area (TPSA) is 110 Å². The summed E-state index contributed by atoms with van der Waals surface area (Å²) < 4.78 is 4.09. The van der Waals surface area contributed by atoms with Crippen molar-refractivity contribution in [2.75, 3.05) is 0 Å². The highest BCUT2D eigenvalue weighted by molar-refractivity contribution is 7.09. The number of nitrogens with one attached hydrogen (secondary N) is 3. The zero-order valence-electron chi connectivity index (χ0n) is 25.9. The second kappa shape index (κ2) is 14.6. The molecule has 0 aromatic carbocycles. The molecule has 2 saturated carbocycles. The Hall–Kier alpha value is -1.47. The van der Waals surface area contributed by atoms with E-state index in [2.05, 4.69) is 85.0 Å². The van der Waals surface area contributed by atoms with Gasteiger partial charge in [-0.05, 0) is 61.2 Å². The summed E-state index contributed by atoms with van der Waals surface area (Å²) in [6, 6.07) is 3.36. The predicted octanol–water partition coefficient (Wildman–Crippen LogP) is 6.90. The molecule has 0 bridgehead atoms. The molecule has 40 heavy (non-hydrogen) atoms. The molecule has 1 aromatic rings. The number of nitriles is 1. The lowest BCUT2D eigenvalue weighted by Crippen LogP contribution is -2.71. The quantitative estimate of drug-likeness (QED) is 0.264. The van der Waals surface area contributed by atoms with Crippen molar-refractivity contribution < 1.29 is 0 Å². The van der Waals surface area contributed by atoms with Gasteiger partial charge in [0.1, 0.15) is 12.4 Å². The molecule has 2 heterocycles. The van der Waals surface area contributed by atoms with Crippen molar-refractivity contribution in [3.05, 3.63) is 6.33 Å². The molecular formula is C31H54N8S. The summed E-state index contributed by atoms with van der Waals surface area (Å²) >= 11 is 1.25. The van der Waals surface area contributed by atoms with E-state index in [4.69, 9.17) is 5.11 Å². The summed E-state index contributed by atoms with van der Waals surface area (Å²) in [5.74, 6) is 3.91. The lowest BCUT2D eigenvalue weighted by molar-refractivity contribution is 0.0495. The molecule has 3 N–H and O–H groups in total. The van der Waals surface area contributed by atoms with E-state index in [0.717, 1.165) is 11.8 Å². The Balaban J connectivity index is 1.63. The van der Waals surface area contributed by atoms with Gasteiger partial charge in [0.2, 0.25) is 5.13 Å². The number of hydrogen-bond acceptors (Lipinski definition) is 9. The molecule has 4 rings (SSSR count). The highest BCUT2D eigenvalue weighted by atomic mass is 32.1. The van der Waals surface area contributed by atoms with Gasteiger partial charge in [0.15, 0.2) is 0 Å². The standard InChI is InChI=1S/C31H54N8S/c1-8-21-12-18(5)13-22(9-2)27(21)35-29-25(16-32)20(7)26(38-39-31-33-17-34-40-31)30(37-29)36-28-23(10-3)14-19(6)15-24(28)11-4/h17-30,35-37H,8-15H2,1-7H3. The van der Waals surface area contributed by atoms with Crippen LogP contribution < -0.4 is 16.0 Å².